The molecule has 0 atom stereocenters. The molecular weight excluding hydrogens is 186 g/mol. The number of ether oxygens (including phenoxy) is 1. The van der Waals surface area contributed by atoms with Gasteiger partial charge >= 0.3 is 0 Å². The number of nitriles is 1. The first kappa shape index (κ1) is 11.3. The molecule has 1 rings (SSSR count). The van der Waals surface area contributed by atoms with Crippen molar-refractivity contribution in [2.24, 2.45) is 0 Å². The molecule has 0 aliphatic heterocycles. The Hall–Kier alpha value is -1.75. The number of methoxy groups -OCH3 is 1. The maximum absolute atomic E-state index is 8.78. The van der Waals surface area contributed by atoms with Crippen molar-refractivity contribution in [2.45, 2.75) is 19.8 Å². The Morgan fingerprint density at radius 3 is 2.60 bits per heavy atom. The number of hydrogen-bond donors (Lipinski definition) is 0. The fraction of sp³-hybridized carbons (Fsp3) is 0.308. The Morgan fingerprint density at radius 2 is 2.13 bits per heavy atom. The molecule has 1 aromatic rings. The van der Waals surface area contributed by atoms with Gasteiger partial charge in [-0.2, -0.15) is 5.26 Å². The molecule has 0 spiro atoms. The zero-order valence-electron chi connectivity index (χ0n) is 9.37. The van der Waals surface area contributed by atoms with Crippen LogP contribution in [-0.2, 0) is 0 Å². The summed E-state index contributed by atoms with van der Waals surface area (Å²) >= 11 is 0. The molecule has 78 valence electrons. The van der Waals surface area contributed by atoms with Crippen molar-refractivity contribution in [2.75, 3.05) is 7.11 Å². The van der Waals surface area contributed by atoms with Crippen LogP contribution in [-0.4, -0.2) is 7.11 Å². The summed E-state index contributed by atoms with van der Waals surface area (Å²) < 4.78 is 5.25. The van der Waals surface area contributed by atoms with Crippen LogP contribution < -0.4 is 4.74 Å². The molecule has 0 aromatic heterocycles. The summed E-state index contributed by atoms with van der Waals surface area (Å²) in [5.74, 6) is 1.16. The molecule has 0 bridgehead atoms. The van der Waals surface area contributed by atoms with E-state index in [9.17, 15) is 0 Å². The van der Waals surface area contributed by atoms with Gasteiger partial charge in [-0.15, -0.1) is 0 Å². The van der Waals surface area contributed by atoms with Gasteiger partial charge in [-0.05, 0) is 23.6 Å². The highest BCUT2D eigenvalue weighted by molar-refractivity contribution is 5.78. The van der Waals surface area contributed by atoms with Gasteiger partial charge in [-0.3, -0.25) is 0 Å². The van der Waals surface area contributed by atoms with E-state index in [0.717, 1.165) is 5.56 Å². The first-order valence-electron chi connectivity index (χ1n) is 4.87. The number of benzene rings is 1. The molecule has 0 saturated heterocycles. The van der Waals surface area contributed by atoms with Gasteiger partial charge in [0.15, 0.2) is 0 Å². The molecule has 1 aromatic carbocycles. The second kappa shape index (κ2) is 4.65. The molecule has 0 aliphatic carbocycles. The van der Waals surface area contributed by atoms with Crippen LogP contribution >= 0.6 is 0 Å². The molecule has 0 aliphatic rings. The van der Waals surface area contributed by atoms with Gasteiger partial charge in [-0.25, -0.2) is 0 Å². The molecule has 0 amide bonds. The summed E-state index contributed by atoms with van der Waals surface area (Å²) in [5.41, 5.74) is 2.40. The van der Waals surface area contributed by atoms with Crippen LogP contribution in [0, 0.1) is 11.3 Å². The van der Waals surface area contributed by atoms with Crippen LogP contribution in [0.25, 0.3) is 5.57 Å². The van der Waals surface area contributed by atoms with Gasteiger partial charge in [0, 0.05) is 5.56 Å². The van der Waals surface area contributed by atoms with Gasteiger partial charge in [0.05, 0.1) is 18.8 Å². The topological polar surface area (TPSA) is 33.0 Å². The molecule has 0 radical (unpaired) electrons. The third kappa shape index (κ3) is 2.38. The van der Waals surface area contributed by atoms with E-state index in [-0.39, 0.29) is 0 Å². The highest BCUT2D eigenvalue weighted by Gasteiger charge is 2.08. The van der Waals surface area contributed by atoms with E-state index in [4.69, 9.17) is 10.00 Å². The smallest absolute Gasteiger partial charge is 0.127 e. The van der Waals surface area contributed by atoms with Crippen molar-refractivity contribution in [3.8, 4) is 11.8 Å². The summed E-state index contributed by atoms with van der Waals surface area (Å²) in [5, 5.41) is 8.78. The average molecular weight is 201 g/mol. The van der Waals surface area contributed by atoms with Gasteiger partial charge in [0.1, 0.15) is 5.75 Å². The lowest BCUT2D eigenvalue weighted by molar-refractivity contribution is 0.413. The van der Waals surface area contributed by atoms with E-state index < -0.39 is 0 Å². The molecule has 0 heterocycles. The summed E-state index contributed by atoms with van der Waals surface area (Å²) in [7, 11) is 1.60. The minimum atomic E-state index is 0.433. The fourth-order valence-corrected chi connectivity index (χ4v) is 1.38. The summed E-state index contributed by atoms with van der Waals surface area (Å²) in [6.45, 7) is 7.92. The number of allylic oxidation sites excluding steroid dienone is 1. The second-order valence-corrected chi connectivity index (χ2v) is 3.70. The largest absolute Gasteiger partial charge is 0.496 e. The lowest BCUT2D eigenvalue weighted by atomic mass is 9.98. The van der Waals surface area contributed by atoms with E-state index in [2.05, 4.69) is 20.4 Å². The van der Waals surface area contributed by atoms with Crippen molar-refractivity contribution in [1.82, 2.24) is 0 Å². The lowest BCUT2D eigenvalue weighted by Gasteiger charge is -2.11. The van der Waals surface area contributed by atoms with E-state index >= 15 is 0 Å². The Labute approximate surface area is 90.8 Å². The lowest BCUT2D eigenvalue weighted by Crippen LogP contribution is -1.94. The van der Waals surface area contributed by atoms with Crippen LogP contribution in [0.5, 0.6) is 5.75 Å². The van der Waals surface area contributed by atoms with Crippen LogP contribution in [0.1, 0.15) is 30.9 Å². The third-order valence-electron chi connectivity index (χ3n) is 2.35. The highest BCUT2D eigenvalue weighted by Crippen LogP contribution is 2.28. The Morgan fingerprint density at radius 1 is 1.47 bits per heavy atom. The number of rotatable bonds is 3. The maximum atomic E-state index is 8.78. The summed E-state index contributed by atoms with van der Waals surface area (Å²) in [4.78, 5) is 0. The van der Waals surface area contributed by atoms with Crippen LogP contribution in [0.2, 0.25) is 0 Å². The van der Waals surface area contributed by atoms with Crippen molar-refractivity contribution in [3.05, 3.63) is 35.9 Å². The predicted molar refractivity (Wildman–Crippen MR) is 61.7 cm³/mol. The van der Waals surface area contributed by atoms with Gasteiger partial charge in [0.2, 0.25) is 0 Å². The monoisotopic (exact) mass is 201 g/mol. The van der Waals surface area contributed by atoms with Gasteiger partial charge in [0.25, 0.3) is 0 Å². The molecule has 0 saturated carbocycles. The van der Waals surface area contributed by atoms with Crippen molar-refractivity contribution >= 4 is 5.57 Å². The Kier molecular flexibility index (Phi) is 3.51. The number of nitrogens with zero attached hydrogens (tertiary/aromatic N) is 1. The maximum Gasteiger partial charge on any atom is 0.127 e. The predicted octanol–water partition coefficient (Wildman–Crippen LogP) is 3.36. The highest BCUT2D eigenvalue weighted by atomic mass is 16.5. The second-order valence-electron chi connectivity index (χ2n) is 3.70. The quantitative estimate of drug-likeness (QED) is 0.702. The zero-order chi connectivity index (χ0) is 11.4. The zero-order valence-corrected chi connectivity index (χ0v) is 9.37. The van der Waals surface area contributed by atoms with E-state index in [1.54, 1.807) is 7.11 Å². The first-order valence-corrected chi connectivity index (χ1v) is 4.87. The Balaban J connectivity index is 3.22. The van der Waals surface area contributed by atoms with Crippen molar-refractivity contribution < 1.29 is 4.74 Å². The number of hydrogen-bond acceptors (Lipinski definition) is 2. The molecule has 2 nitrogen and oxygen atoms in total. The van der Waals surface area contributed by atoms with Crippen LogP contribution in [0.3, 0.4) is 0 Å². The minimum absolute atomic E-state index is 0.433. The SMILES string of the molecule is C=C(C#N)c1ccc(C(C)C)cc1OC. The summed E-state index contributed by atoms with van der Waals surface area (Å²) in [6.07, 6.45) is 0. The Bertz CT molecular complexity index is 413. The average Bonchev–Trinajstić information content (AvgIpc) is 2.27. The molecule has 2 heteroatoms. The van der Waals surface area contributed by atoms with Gasteiger partial charge in [-0.1, -0.05) is 26.5 Å². The van der Waals surface area contributed by atoms with Gasteiger partial charge < -0.3 is 4.74 Å². The van der Waals surface area contributed by atoms with Crippen LogP contribution in [0.4, 0.5) is 0 Å². The third-order valence-corrected chi connectivity index (χ3v) is 2.35. The standard InChI is InChI=1S/C13H15NO/c1-9(2)11-5-6-12(10(3)8-14)13(7-11)15-4/h5-7,9H,3H2,1-2,4H3. The van der Waals surface area contributed by atoms with Crippen molar-refractivity contribution in [1.29, 1.82) is 5.26 Å². The molecule has 15 heavy (non-hydrogen) atoms. The van der Waals surface area contributed by atoms with Crippen molar-refractivity contribution in [3.63, 3.8) is 0 Å². The molecule has 0 fully saturated rings. The van der Waals surface area contributed by atoms with E-state index in [1.165, 1.54) is 5.56 Å². The normalized spacial score (nSPS) is 9.80. The first-order chi connectivity index (χ1) is 7.10. The van der Waals surface area contributed by atoms with Crippen LogP contribution in [0.15, 0.2) is 24.8 Å². The van der Waals surface area contributed by atoms with E-state index in [1.807, 2.05) is 24.3 Å². The fourth-order valence-electron chi connectivity index (χ4n) is 1.38. The molecule has 0 N–H and O–H groups in total. The minimum Gasteiger partial charge on any atom is -0.496 e. The molecular formula is C13H15NO. The summed E-state index contributed by atoms with van der Waals surface area (Å²) in [6, 6.07) is 7.88. The molecule has 0 unspecified atom stereocenters. The van der Waals surface area contributed by atoms with E-state index in [0.29, 0.717) is 17.2 Å².